The molecule has 144 valence electrons. The first-order valence-electron chi connectivity index (χ1n) is 10.3. The van der Waals surface area contributed by atoms with Crippen LogP contribution in [0.3, 0.4) is 0 Å². The Hall–Kier alpha value is -1.65. The highest BCUT2D eigenvalue weighted by atomic mass is 35.5. The fourth-order valence-corrected chi connectivity index (χ4v) is 4.59. The summed E-state index contributed by atoms with van der Waals surface area (Å²) in [7, 11) is 0. The second-order valence-electron chi connectivity index (χ2n) is 7.92. The van der Waals surface area contributed by atoms with Crippen molar-refractivity contribution in [3.8, 4) is 0 Å². The number of aromatic amines is 1. The van der Waals surface area contributed by atoms with Crippen LogP contribution in [0.2, 0.25) is 5.02 Å². The molecule has 0 spiro atoms. The molecule has 0 bridgehead atoms. The number of likely N-dealkylation sites (tertiary alicyclic amines) is 1. The van der Waals surface area contributed by atoms with Crippen LogP contribution in [0.15, 0.2) is 29.1 Å². The molecule has 0 amide bonds. The average Bonchev–Trinajstić information content (AvgIpc) is 2.69. The maximum absolute atomic E-state index is 12.2. The molecule has 5 heteroatoms. The minimum absolute atomic E-state index is 0.0958. The van der Waals surface area contributed by atoms with Crippen molar-refractivity contribution in [1.82, 2.24) is 14.9 Å². The summed E-state index contributed by atoms with van der Waals surface area (Å²) in [5.74, 6) is 1.52. The lowest BCUT2D eigenvalue weighted by molar-refractivity contribution is 0.210. The minimum Gasteiger partial charge on any atom is -0.310 e. The van der Waals surface area contributed by atoms with E-state index in [2.05, 4.69) is 22.0 Å². The molecule has 1 aliphatic carbocycles. The summed E-state index contributed by atoms with van der Waals surface area (Å²) in [4.78, 5) is 22.5. The molecule has 1 saturated heterocycles. The fraction of sp³-hybridized carbons (Fsp3) is 0.545. The van der Waals surface area contributed by atoms with Gasteiger partial charge in [-0.25, -0.2) is 4.98 Å². The molecule has 0 atom stereocenters. The third-order valence-corrected chi connectivity index (χ3v) is 6.31. The number of benzene rings is 1. The van der Waals surface area contributed by atoms with Crippen LogP contribution in [0.1, 0.15) is 60.7 Å². The summed E-state index contributed by atoms with van der Waals surface area (Å²) in [6, 6.07) is 8.33. The van der Waals surface area contributed by atoms with Gasteiger partial charge in [0.25, 0.3) is 5.56 Å². The number of hydrogen-bond acceptors (Lipinski definition) is 3. The molecule has 0 radical (unpaired) electrons. The van der Waals surface area contributed by atoms with Crippen molar-refractivity contribution in [2.75, 3.05) is 19.6 Å². The average molecular weight is 386 g/mol. The maximum Gasteiger partial charge on any atom is 0.254 e. The molecule has 0 unspecified atom stereocenters. The molecule has 1 aliphatic heterocycles. The molecule has 4 rings (SSSR count). The van der Waals surface area contributed by atoms with E-state index in [4.69, 9.17) is 16.6 Å². The van der Waals surface area contributed by atoms with Crippen molar-refractivity contribution < 1.29 is 0 Å². The highest BCUT2D eigenvalue weighted by Gasteiger charge is 2.20. The summed E-state index contributed by atoms with van der Waals surface area (Å²) in [6.45, 7) is 3.36. The fourth-order valence-electron chi connectivity index (χ4n) is 4.47. The molecule has 2 aromatic rings. The summed E-state index contributed by atoms with van der Waals surface area (Å²) >= 11 is 5.99. The van der Waals surface area contributed by atoms with Gasteiger partial charge >= 0.3 is 0 Å². The molecule has 4 nitrogen and oxygen atoms in total. The van der Waals surface area contributed by atoms with E-state index in [1.54, 1.807) is 0 Å². The number of rotatable bonds is 5. The Morgan fingerprint density at radius 2 is 1.85 bits per heavy atom. The minimum atomic E-state index is 0.0958. The molecular weight excluding hydrogens is 358 g/mol. The van der Waals surface area contributed by atoms with Crippen LogP contribution in [0.4, 0.5) is 0 Å². The van der Waals surface area contributed by atoms with Gasteiger partial charge in [0, 0.05) is 17.0 Å². The van der Waals surface area contributed by atoms with Gasteiger partial charge in [-0.2, -0.15) is 0 Å². The van der Waals surface area contributed by atoms with Crippen LogP contribution in [0, 0.1) is 0 Å². The van der Waals surface area contributed by atoms with Crippen LogP contribution in [0.5, 0.6) is 0 Å². The molecule has 2 aliphatic rings. The molecule has 0 saturated carbocycles. The van der Waals surface area contributed by atoms with E-state index in [1.165, 1.54) is 18.4 Å². The standard InChI is InChI=1S/C22H28ClN3O/c23-18-9-7-16(8-10-18)17-11-14-26(15-12-17)13-3-6-21-24-20-5-2-1-4-19(20)22(27)25-21/h7-10,17H,1-6,11-15H2,(H,24,25,27). The van der Waals surface area contributed by atoms with Gasteiger partial charge in [0.1, 0.15) is 5.82 Å². The van der Waals surface area contributed by atoms with Crippen LogP contribution < -0.4 is 5.56 Å². The number of nitrogens with one attached hydrogen (secondary N) is 1. The van der Waals surface area contributed by atoms with Gasteiger partial charge in [0.2, 0.25) is 0 Å². The molecule has 1 aromatic carbocycles. The van der Waals surface area contributed by atoms with Crippen LogP contribution >= 0.6 is 11.6 Å². The summed E-state index contributed by atoms with van der Waals surface area (Å²) in [5, 5.41) is 0.810. The lowest BCUT2D eigenvalue weighted by atomic mass is 9.89. The summed E-state index contributed by atoms with van der Waals surface area (Å²) < 4.78 is 0. The molecule has 2 heterocycles. The Labute approximate surface area is 166 Å². The maximum atomic E-state index is 12.2. The molecule has 1 fully saturated rings. The quantitative estimate of drug-likeness (QED) is 0.842. The van der Waals surface area contributed by atoms with Crippen LogP contribution in [0.25, 0.3) is 0 Å². The zero-order valence-electron chi connectivity index (χ0n) is 15.8. The highest BCUT2D eigenvalue weighted by molar-refractivity contribution is 6.30. The molecule has 1 aromatic heterocycles. The predicted octanol–water partition coefficient (Wildman–Crippen LogP) is 4.11. The Bertz CT molecular complexity index is 822. The first-order chi connectivity index (χ1) is 13.2. The third kappa shape index (κ3) is 4.61. The van der Waals surface area contributed by atoms with Crippen molar-refractivity contribution in [3.05, 3.63) is 62.3 Å². The van der Waals surface area contributed by atoms with E-state index in [-0.39, 0.29) is 5.56 Å². The highest BCUT2D eigenvalue weighted by Crippen LogP contribution is 2.28. The lowest BCUT2D eigenvalue weighted by Crippen LogP contribution is -2.34. The number of nitrogens with zero attached hydrogens (tertiary/aromatic N) is 2. The normalized spacial score (nSPS) is 18.4. The predicted molar refractivity (Wildman–Crippen MR) is 110 cm³/mol. The van der Waals surface area contributed by atoms with Gasteiger partial charge in [-0.3, -0.25) is 4.79 Å². The van der Waals surface area contributed by atoms with Crippen molar-refractivity contribution in [3.63, 3.8) is 0 Å². The first-order valence-corrected chi connectivity index (χ1v) is 10.7. The third-order valence-electron chi connectivity index (χ3n) is 6.06. The Balaban J connectivity index is 1.25. The zero-order chi connectivity index (χ0) is 18.6. The van der Waals surface area contributed by atoms with E-state index < -0.39 is 0 Å². The van der Waals surface area contributed by atoms with Gasteiger partial charge in [-0.05, 0) is 88.2 Å². The van der Waals surface area contributed by atoms with Crippen molar-refractivity contribution in [2.45, 2.75) is 57.3 Å². The Morgan fingerprint density at radius 1 is 1.11 bits per heavy atom. The Kier molecular flexibility index (Phi) is 5.94. The molecule has 1 N–H and O–H groups in total. The van der Waals surface area contributed by atoms with Crippen molar-refractivity contribution >= 4 is 11.6 Å². The first kappa shape index (κ1) is 18.7. The van der Waals surface area contributed by atoms with E-state index in [0.717, 1.165) is 80.3 Å². The van der Waals surface area contributed by atoms with E-state index >= 15 is 0 Å². The van der Waals surface area contributed by atoms with Gasteiger partial charge in [-0.15, -0.1) is 0 Å². The van der Waals surface area contributed by atoms with E-state index in [1.807, 2.05) is 12.1 Å². The summed E-state index contributed by atoms with van der Waals surface area (Å²) in [5.41, 5.74) is 3.48. The van der Waals surface area contributed by atoms with Crippen LogP contribution in [-0.2, 0) is 19.3 Å². The number of piperidine rings is 1. The molecular formula is C22H28ClN3O. The van der Waals surface area contributed by atoms with E-state index in [9.17, 15) is 4.79 Å². The second-order valence-corrected chi connectivity index (χ2v) is 8.35. The smallest absolute Gasteiger partial charge is 0.254 e. The second kappa shape index (κ2) is 8.57. The van der Waals surface area contributed by atoms with Crippen LogP contribution in [-0.4, -0.2) is 34.5 Å². The number of aryl methyl sites for hydroxylation is 2. The van der Waals surface area contributed by atoms with Gasteiger partial charge in [-0.1, -0.05) is 23.7 Å². The number of hydrogen-bond donors (Lipinski definition) is 1. The van der Waals surface area contributed by atoms with Gasteiger partial charge in [0.15, 0.2) is 0 Å². The van der Waals surface area contributed by atoms with Crippen molar-refractivity contribution in [2.24, 2.45) is 0 Å². The number of H-pyrrole nitrogens is 1. The van der Waals surface area contributed by atoms with E-state index in [0.29, 0.717) is 5.92 Å². The topological polar surface area (TPSA) is 49.0 Å². The SMILES string of the molecule is O=c1[nH]c(CCCN2CCC(c3ccc(Cl)cc3)CC2)nc2c1CCCC2. The largest absolute Gasteiger partial charge is 0.310 e. The lowest BCUT2D eigenvalue weighted by Gasteiger charge is -2.32. The number of halogens is 1. The molecule has 27 heavy (non-hydrogen) atoms. The van der Waals surface area contributed by atoms with Crippen molar-refractivity contribution in [1.29, 1.82) is 0 Å². The zero-order valence-corrected chi connectivity index (χ0v) is 16.6. The monoisotopic (exact) mass is 385 g/mol. The number of aromatic nitrogens is 2. The van der Waals surface area contributed by atoms with Gasteiger partial charge < -0.3 is 9.88 Å². The summed E-state index contributed by atoms with van der Waals surface area (Å²) in [6.07, 6.45) is 8.44. The van der Waals surface area contributed by atoms with Gasteiger partial charge in [0.05, 0.1) is 5.69 Å². The Morgan fingerprint density at radius 3 is 2.63 bits per heavy atom. The number of fused-ring (bicyclic) bond motifs is 1.